The van der Waals surface area contributed by atoms with Crippen molar-refractivity contribution < 1.29 is 0 Å². The Morgan fingerprint density at radius 1 is 0.964 bits per heavy atom. The van der Waals surface area contributed by atoms with Gasteiger partial charge in [-0.1, -0.05) is 63.3 Å². The van der Waals surface area contributed by atoms with E-state index in [2.05, 4.69) is 52.2 Å². The summed E-state index contributed by atoms with van der Waals surface area (Å²) in [7, 11) is 2.05. The molecule has 4 rings (SSSR count). The zero-order chi connectivity index (χ0) is 20.5. The zero-order valence-corrected chi connectivity index (χ0v) is 18.3. The summed E-state index contributed by atoms with van der Waals surface area (Å²) in [5.74, 6) is 0. The number of hydrogen-bond acceptors (Lipinski definition) is 5. The smallest absolute Gasteiger partial charge is 0.190 e. The van der Waals surface area contributed by atoms with E-state index in [-0.39, 0.29) is 6.04 Å². The molecule has 0 amide bonds. The lowest BCUT2D eigenvalue weighted by atomic mass is 10.1. The van der Waals surface area contributed by atoms with Gasteiger partial charge < -0.3 is 4.90 Å². The predicted octanol–water partition coefficient (Wildman–Crippen LogP) is 6.32. The molecule has 0 aliphatic carbocycles. The van der Waals surface area contributed by atoms with Crippen LogP contribution in [0.5, 0.6) is 0 Å². The van der Waals surface area contributed by atoms with E-state index < -0.39 is 0 Å². The van der Waals surface area contributed by atoms with Gasteiger partial charge in [0.2, 0.25) is 0 Å². The fraction of sp³-hybridized carbons (Fsp3) is 0.318. The molecule has 6 heteroatoms. The van der Waals surface area contributed by atoms with Gasteiger partial charge >= 0.3 is 0 Å². The van der Waals surface area contributed by atoms with E-state index in [1.165, 1.54) is 10.3 Å². The minimum absolute atomic E-state index is 0.161. The molecule has 0 saturated heterocycles. The Morgan fingerprint density at radius 2 is 1.64 bits per heavy atom. The van der Waals surface area contributed by atoms with Gasteiger partial charge in [0.1, 0.15) is 12.7 Å². The molecule has 0 aliphatic heterocycles. The topological polar surface area (TPSA) is 46.8 Å². The standard InChI is InChI=1S/C18H17N5S.2C2H6/c1-13(23-12-19-11-20-23)14-7-9-15(10-8-14)22(2)18-21-16-5-3-4-6-17(16)24-18;2*1-2/h3-13H,1-2H3;2*1-2H3. The highest BCUT2D eigenvalue weighted by molar-refractivity contribution is 7.22. The van der Waals surface area contributed by atoms with Crippen LogP contribution >= 0.6 is 11.3 Å². The summed E-state index contributed by atoms with van der Waals surface area (Å²) < 4.78 is 3.06. The summed E-state index contributed by atoms with van der Waals surface area (Å²) in [4.78, 5) is 10.8. The molecule has 2 heterocycles. The van der Waals surface area contributed by atoms with E-state index >= 15 is 0 Å². The van der Waals surface area contributed by atoms with Crippen LogP contribution in [-0.2, 0) is 0 Å². The van der Waals surface area contributed by atoms with Crippen molar-refractivity contribution in [3.8, 4) is 0 Å². The third kappa shape index (κ3) is 4.75. The first-order valence-electron chi connectivity index (χ1n) is 9.76. The molecule has 0 fully saturated rings. The molecule has 148 valence electrons. The molecule has 0 aliphatic rings. The quantitative estimate of drug-likeness (QED) is 0.406. The number of para-hydroxylation sites is 1. The van der Waals surface area contributed by atoms with Crippen molar-refractivity contribution in [1.29, 1.82) is 0 Å². The highest BCUT2D eigenvalue weighted by atomic mass is 32.1. The molecule has 28 heavy (non-hydrogen) atoms. The first-order chi connectivity index (χ1) is 13.7. The average Bonchev–Trinajstić information content (AvgIpc) is 3.45. The number of rotatable bonds is 4. The molecule has 0 saturated carbocycles. The van der Waals surface area contributed by atoms with Crippen LogP contribution in [0.25, 0.3) is 10.2 Å². The van der Waals surface area contributed by atoms with Gasteiger partial charge in [-0.05, 0) is 36.8 Å². The number of anilines is 2. The van der Waals surface area contributed by atoms with Crippen LogP contribution in [0.3, 0.4) is 0 Å². The molecule has 5 nitrogen and oxygen atoms in total. The Labute approximate surface area is 171 Å². The number of thiazole rings is 1. The van der Waals surface area contributed by atoms with Crippen molar-refractivity contribution >= 4 is 32.4 Å². The fourth-order valence-corrected chi connectivity index (χ4v) is 3.61. The van der Waals surface area contributed by atoms with Crippen LogP contribution in [0, 0.1) is 0 Å². The molecule has 1 atom stereocenters. The van der Waals surface area contributed by atoms with Gasteiger partial charge in [-0.25, -0.2) is 14.6 Å². The van der Waals surface area contributed by atoms with Crippen molar-refractivity contribution in [3.05, 3.63) is 66.7 Å². The molecule has 0 N–H and O–H groups in total. The summed E-state index contributed by atoms with van der Waals surface area (Å²) in [6.45, 7) is 10.1. The third-order valence-electron chi connectivity index (χ3n) is 4.17. The van der Waals surface area contributed by atoms with Gasteiger partial charge in [-0.2, -0.15) is 5.10 Å². The maximum atomic E-state index is 4.71. The summed E-state index contributed by atoms with van der Waals surface area (Å²) in [6.07, 6.45) is 3.30. The molecule has 0 spiro atoms. The number of fused-ring (bicyclic) bond motifs is 1. The Balaban J connectivity index is 0.000000660. The van der Waals surface area contributed by atoms with Crippen LogP contribution in [0.2, 0.25) is 0 Å². The van der Waals surface area contributed by atoms with Gasteiger partial charge in [-0.3, -0.25) is 0 Å². The predicted molar refractivity (Wildman–Crippen MR) is 121 cm³/mol. The third-order valence-corrected chi connectivity index (χ3v) is 5.28. The Bertz CT molecular complexity index is 912. The highest BCUT2D eigenvalue weighted by Gasteiger charge is 2.12. The lowest BCUT2D eigenvalue weighted by Crippen LogP contribution is -2.10. The second kappa shape index (κ2) is 10.6. The second-order valence-electron chi connectivity index (χ2n) is 5.67. The van der Waals surface area contributed by atoms with Crippen molar-refractivity contribution in [3.63, 3.8) is 0 Å². The summed E-state index contributed by atoms with van der Waals surface area (Å²) >= 11 is 1.70. The molecule has 1 unspecified atom stereocenters. The van der Waals surface area contributed by atoms with Gasteiger partial charge in [0.15, 0.2) is 5.13 Å². The lowest BCUT2D eigenvalue weighted by molar-refractivity contribution is 0.563. The van der Waals surface area contributed by atoms with Crippen LogP contribution in [0.4, 0.5) is 10.8 Å². The highest BCUT2D eigenvalue weighted by Crippen LogP contribution is 2.32. The largest absolute Gasteiger partial charge is 0.321 e. The molecule has 2 aromatic carbocycles. The van der Waals surface area contributed by atoms with Crippen molar-refractivity contribution in [2.75, 3.05) is 11.9 Å². The first kappa shape index (κ1) is 21.6. The van der Waals surface area contributed by atoms with E-state index in [0.29, 0.717) is 0 Å². The van der Waals surface area contributed by atoms with Gasteiger partial charge in [0.25, 0.3) is 0 Å². The van der Waals surface area contributed by atoms with Crippen LogP contribution < -0.4 is 4.90 Å². The SMILES string of the molecule is CC.CC.CC(c1ccc(N(C)c2nc3ccccc3s2)cc1)n1cncn1. The van der Waals surface area contributed by atoms with E-state index in [1.54, 1.807) is 24.0 Å². The maximum Gasteiger partial charge on any atom is 0.190 e. The van der Waals surface area contributed by atoms with E-state index in [0.717, 1.165) is 16.3 Å². The van der Waals surface area contributed by atoms with E-state index in [4.69, 9.17) is 4.98 Å². The Kier molecular flexibility index (Phi) is 8.14. The number of aromatic nitrogens is 4. The number of nitrogens with zero attached hydrogens (tertiary/aromatic N) is 5. The summed E-state index contributed by atoms with van der Waals surface area (Å²) in [6, 6.07) is 16.9. The number of hydrogen-bond donors (Lipinski definition) is 0. The van der Waals surface area contributed by atoms with Gasteiger partial charge in [0, 0.05) is 12.7 Å². The first-order valence-corrected chi connectivity index (χ1v) is 10.6. The van der Waals surface area contributed by atoms with Gasteiger partial charge in [-0.15, -0.1) is 0 Å². The minimum atomic E-state index is 0.161. The Morgan fingerprint density at radius 3 is 2.25 bits per heavy atom. The van der Waals surface area contributed by atoms with E-state index in [1.807, 2.05) is 57.6 Å². The van der Waals surface area contributed by atoms with Crippen molar-refractivity contribution in [1.82, 2.24) is 19.7 Å². The second-order valence-corrected chi connectivity index (χ2v) is 6.68. The number of benzene rings is 2. The van der Waals surface area contributed by atoms with Crippen molar-refractivity contribution in [2.45, 2.75) is 40.7 Å². The van der Waals surface area contributed by atoms with Crippen LogP contribution in [0.15, 0.2) is 61.2 Å². The average molecular weight is 396 g/mol. The molecular formula is C22H29N5S. The minimum Gasteiger partial charge on any atom is -0.321 e. The Hall–Kier alpha value is -2.73. The normalized spacial score (nSPS) is 11.1. The van der Waals surface area contributed by atoms with Gasteiger partial charge in [0.05, 0.1) is 16.3 Å². The monoisotopic (exact) mass is 395 g/mol. The maximum absolute atomic E-state index is 4.71. The summed E-state index contributed by atoms with van der Waals surface area (Å²) in [5.41, 5.74) is 3.35. The molecule has 0 radical (unpaired) electrons. The van der Waals surface area contributed by atoms with Crippen LogP contribution in [-0.4, -0.2) is 26.8 Å². The lowest BCUT2D eigenvalue weighted by Gasteiger charge is -2.17. The molecule has 0 bridgehead atoms. The van der Waals surface area contributed by atoms with Crippen LogP contribution in [0.1, 0.15) is 46.2 Å². The fourth-order valence-electron chi connectivity index (χ4n) is 2.66. The van der Waals surface area contributed by atoms with E-state index in [9.17, 15) is 0 Å². The zero-order valence-electron chi connectivity index (χ0n) is 17.5. The molecular weight excluding hydrogens is 366 g/mol. The molecule has 2 aromatic heterocycles. The molecule has 4 aromatic rings. The summed E-state index contributed by atoms with van der Waals surface area (Å²) in [5, 5.41) is 5.20. The van der Waals surface area contributed by atoms with Crippen molar-refractivity contribution in [2.24, 2.45) is 0 Å².